The summed E-state index contributed by atoms with van der Waals surface area (Å²) in [6.45, 7) is 2.14. The molecule has 0 spiro atoms. The molecule has 0 radical (unpaired) electrons. The van der Waals surface area contributed by atoms with Crippen molar-refractivity contribution in [3.05, 3.63) is 35.9 Å². The predicted octanol–water partition coefficient (Wildman–Crippen LogP) is 2.83. The average Bonchev–Trinajstić information content (AvgIpc) is 2.07. The van der Waals surface area contributed by atoms with Gasteiger partial charge in [0.15, 0.2) is 0 Å². The molecule has 0 saturated carbocycles. The molecule has 11 heavy (non-hydrogen) atoms. The summed E-state index contributed by atoms with van der Waals surface area (Å²) in [5.41, 5.74) is 1.32. The molecule has 0 fully saturated rings. The number of rotatable bonds is 3. The van der Waals surface area contributed by atoms with Crippen LogP contribution >= 0.6 is 0 Å². The molecule has 0 saturated heterocycles. The molecule has 0 heterocycles. The number of hydrogen-bond acceptors (Lipinski definition) is 1. The van der Waals surface area contributed by atoms with E-state index in [0.29, 0.717) is 5.92 Å². The summed E-state index contributed by atoms with van der Waals surface area (Å²) in [4.78, 5) is 0. The maximum Gasteiger partial charge on any atom is -0.00418 e. The van der Waals surface area contributed by atoms with Gasteiger partial charge in [-0.1, -0.05) is 37.3 Å². The first-order valence-electron chi connectivity index (χ1n) is 3.88. The second-order valence-corrected chi connectivity index (χ2v) is 2.75. The molecule has 0 unspecified atom stereocenters. The summed E-state index contributed by atoms with van der Waals surface area (Å²) in [5, 5.41) is 6.96. The Morgan fingerprint density at radius 3 is 2.55 bits per heavy atom. The molecule has 58 valence electrons. The maximum atomic E-state index is 6.96. The highest BCUT2D eigenvalue weighted by Crippen LogP contribution is 2.16. The second-order valence-electron chi connectivity index (χ2n) is 2.75. The first-order valence-corrected chi connectivity index (χ1v) is 3.88. The van der Waals surface area contributed by atoms with Gasteiger partial charge < -0.3 is 5.41 Å². The van der Waals surface area contributed by atoms with Crippen LogP contribution in [0.2, 0.25) is 0 Å². The third-order valence-electron chi connectivity index (χ3n) is 1.84. The molecule has 1 aromatic rings. The maximum absolute atomic E-state index is 6.96. The standard InChI is InChI=1S/C10H13N/c1-9(7-8-11)10-5-3-2-4-6-10/h2-6,8-9,11H,7H2,1H3/t9-/m0/s1. The Bertz CT molecular complexity index is 216. The van der Waals surface area contributed by atoms with E-state index in [-0.39, 0.29) is 0 Å². The smallest absolute Gasteiger partial charge is 0.00418 e. The summed E-state index contributed by atoms with van der Waals surface area (Å²) >= 11 is 0. The van der Waals surface area contributed by atoms with E-state index in [9.17, 15) is 0 Å². The molecule has 1 aromatic carbocycles. The summed E-state index contributed by atoms with van der Waals surface area (Å²) in [7, 11) is 0. The van der Waals surface area contributed by atoms with Crippen LogP contribution in [0.25, 0.3) is 0 Å². The zero-order valence-electron chi connectivity index (χ0n) is 6.75. The van der Waals surface area contributed by atoms with Gasteiger partial charge in [0.05, 0.1) is 0 Å². The highest BCUT2D eigenvalue weighted by atomic mass is 14.3. The topological polar surface area (TPSA) is 23.9 Å². The Kier molecular flexibility index (Phi) is 2.84. The Morgan fingerprint density at radius 2 is 2.00 bits per heavy atom. The molecule has 0 aromatic heterocycles. The fourth-order valence-electron chi connectivity index (χ4n) is 1.09. The molecule has 1 rings (SSSR count). The van der Waals surface area contributed by atoms with Gasteiger partial charge in [-0.25, -0.2) is 0 Å². The summed E-state index contributed by atoms with van der Waals surface area (Å²) < 4.78 is 0. The van der Waals surface area contributed by atoms with Crippen molar-refractivity contribution >= 4 is 6.21 Å². The lowest BCUT2D eigenvalue weighted by Crippen LogP contribution is -1.92. The van der Waals surface area contributed by atoms with Crippen LogP contribution < -0.4 is 0 Å². The largest absolute Gasteiger partial charge is 0.313 e. The molecule has 0 amide bonds. The molecule has 0 bridgehead atoms. The minimum atomic E-state index is 0.480. The van der Waals surface area contributed by atoms with Gasteiger partial charge in [-0.15, -0.1) is 0 Å². The Balaban J connectivity index is 2.68. The molecule has 0 aliphatic heterocycles. The van der Waals surface area contributed by atoms with Crippen molar-refractivity contribution in [3.8, 4) is 0 Å². The third-order valence-corrected chi connectivity index (χ3v) is 1.84. The average molecular weight is 147 g/mol. The van der Waals surface area contributed by atoms with E-state index in [1.165, 1.54) is 11.8 Å². The van der Waals surface area contributed by atoms with Gasteiger partial charge in [0.1, 0.15) is 0 Å². The van der Waals surface area contributed by atoms with Crippen molar-refractivity contribution in [2.45, 2.75) is 19.3 Å². The van der Waals surface area contributed by atoms with Gasteiger partial charge in [0, 0.05) is 0 Å². The summed E-state index contributed by atoms with van der Waals surface area (Å²) in [6.07, 6.45) is 2.31. The molecule has 1 atom stereocenters. The van der Waals surface area contributed by atoms with Gasteiger partial charge >= 0.3 is 0 Å². The van der Waals surface area contributed by atoms with Gasteiger partial charge in [0.2, 0.25) is 0 Å². The molecular weight excluding hydrogens is 134 g/mol. The second kappa shape index (κ2) is 3.91. The SMILES string of the molecule is C[C@@H](CC=N)c1ccccc1. The lowest BCUT2D eigenvalue weighted by atomic mass is 9.99. The van der Waals surface area contributed by atoms with E-state index in [4.69, 9.17) is 5.41 Å². The Hall–Kier alpha value is -1.11. The highest BCUT2D eigenvalue weighted by Gasteiger charge is 2.00. The van der Waals surface area contributed by atoms with Crippen molar-refractivity contribution in [2.24, 2.45) is 0 Å². The molecule has 0 aliphatic rings. The van der Waals surface area contributed by atoms with E-state index in [0.717, 1.165) is 6.42 Å². The Morgan fingerprint density at radius 1 is 1.36 bits per heavy atom. The van der Waals surface area contributed by atoms with Crippen molar-refractivity contribution in [3.63, 3.8) is 0 Å². The highest BCUT2D eigenvalue weighted by molar-refractivity contribution is 5.54. The summed E-state index contributed by atoms with van der Waals surface area (Å²) in [5.74, 6) is 0.480. The van der Waals surface area contributed by atoms with Crippen molar-refractivity contribution in [1.29, 1.82) is 5.41 Å². The van der Waals surface area contributed by atoms with Crippen LogP contribution in [0, 0.1) is 5.41 Å². The van der Waals surface area contributed by atoms with E-state index >= 15 is 0 Å². The van der Waals surface area contributed by atoms with E-state index < -0.39 is 0 Å². The van der Waals surface area contributed by atoms with E-state index in [1.54, 1.807) is 0 Å². The van der Waals surface area contributed by atoms with Crippen LogP contribution in [0.1, 0.15) is 24.8 Å². The lowest BCUT2D eigenvalue weighted by Gasteiger charge is -2.06. The van der Waals surface area contributed by atoms with E-state index in [2.05, 4.69) is 19.1 Å². The molecular formula is C10H13N. The summed E-state index contributed by atoms with van der Waals surface area (Å²) in [6, 6.07) is 10.3. The fourth-order valence-corrected chi connectivity index (χ4v) is 1.09. The van der Waals surface area contributed by atoms with Crippen molar-refractivity contribution < 1.29 is 0 Å². The van der Waals surface area contributed by atoms with E-state index in [1.807, 2.05) is 18.2 Å². The first kappa shape index (κ1) is 7.99. The third kappa shape index (κ3) is 2.19. The number of nitrogens with one attached hydrogen (secondary N) is 1. The van der Waals surface area contributed by atoms with Crippen LogP contribution in [-0.4, -0.2) is 6.21 Å². The zero-order chi connectivity index (χ0) is 8.10. The van der Waals surface area contributed by atoms with Gasteiger partial charge in [-0.3, -0.25) is 0 Å². The first-order chi connectivity index (χ1) is 5.34. The minimum Gasteiger partial charge on any atom is -0.313 e. The minimum absolute atomic E-state index is 0.480. The van der Waals surface area contributed by atoms with Gasteiger partial charge in [-0.05, 0) is 24.1 Å². The van der Waals surface area contributed by atoms with Crippen LogP contribution in [0.4, 0.5) is 0 Å². The fraction of sp³-hybridized carbons (Fsp3) is 0.300. The molecule has 0 aliphatic carbocycles. The van der Waals surface area contributed by atoms with Gasteiger partial charge in [0.25, 0.3) is 0 Å². The molecule has 1 nitrogen and oxygen atoms in total. The quantitative estimate of drug-likeness (QED) is 0.636. The van der Waals surface area contributed by atoms with Crippen molar-refractivity contribution in [2.75, 3.05) is 0 Å². The monoisotopic (exact) mass is 147 g/mol. The molecule has 1 heteroatoms. The van der Waals surface area contributed by atoms with Crippen LogP contribution in [0.3, 0.4) is 0 Å². The van der Waals surface area contributed by atoms with Crippen molar-refractivity contribution in [1.82, 2.24) is 0 Å². The van der Waals surface area contributed by atoms with Gasteiger partial charge in [-0.2, -0.15) is 0 Å². The Labute approximate surface area is 67.6 Å². The number of hydrogen-bond donors (Lipinski definition) is 1. The zero-order valence-corrected chi connectivity index (χ0v) is 6.75. The molecule has 1 N–H and O–H groups in total. The van der Waals surface area contributed by atoms with Crippen LogP contribution in [0.15, 0.2) is 30.3 Å². The van der Waals surface area contributed by atoms with Crippen LogP contribution in [-0.2, 0) is 0 Å². The van der Waals surface area contributed by atoms with Crippen LogP contribution in [0.5, 0.6) is 0 Å². The number of benzene rings is 1. The predicted molar refractivity (Wildman–Crippen MR) is 48.3 cm³/mol. The normalized spacial score (nSPS) is 12.5. The lowest BCUT2D eigenvalue weighted by molar-refractivity contribution is 0.811.